The summed E-state index contributed by atoms with van der Waals surface area (Å²) in [6, 6.07) is -0.224. The van der Waals surface area contributed by atoms with Crippen LogP contribution in [0.15, 0.2) is 0 Å². The highest BCUT2D eigenvalue weighted by atomic mass is 16.5. The summed E-state index contributed by atoms with van der Waals surface area (Å²) in [5, 5.41) is 12.0. The highest BCUT2D eigenvalue weighted by Crippen LogP contribution is 2.02. The summed E-state index contributed by atoms with van der Waals surface area (Å²) >= 11 is 0. The Morgan fingerprint density at radius 1 is 1.43 bits per heavy atom. The van der Waals surface area contributed by atoms with Gasteiger partial charge in [0.2, 0.25) is 0 Å². The highest BCUT2D eigenvalue weighted by Gasteiger charge is 2.19. The average Bonchev–Trinajstić information content (AvgIpc) is 2.16. The Kier molecular flexibility index (Phi) is 6.49. The number of carbonyl (C=O) groups excluding carboxylic acids is 1. The Morgan fingerprint density at radius 3 is 2.43 bits per heavy atom. The van der Waals surface area contributed by atoms with Crippen LogP contribution in [0.25, 0.3) is 0 Å². The summed E-state index contributed by atoms with van der Waals surface area (Å²) in [6.07, 6.45) is 0. The fourth-order valence-corrected chi connectivity index (χ4v) is 1.05. The highest BCUT2D eigenvalue weighted by molar-refractivity contribution is 5.75. The molecule has 0 aliphatic heterocycles. The van der Waals surface area contributed by atoms with E-state index in [1.54, 1.807) is 13.8 Å². The zero-order chi connectivity index (χ0) is 11.1. The lowest BCUT2D eigenvalue weighted by Crippen LogP contribution is -2.44. The first-order valence-corrected chi connectivity index (χ1v) is 5.06. The third-order valence-electron chi connectivity index (χ3n) is 2.29. The molecule has 4 nitrogen and oxygen atoms in total. The van der Waals surface area contributed by atoms with Crippen molar-refractivity contribution in [2.75, 3.05) is 13.2 Å². The van der Waals surface area contributed by atoms with Crippen molar-refractivity contribution in [3.63, 3.8) is 0 Å². The molecule has 0 rings (SSSR count). The second-order valence-electron chi connectivity index (χ2n) is 3.59. The van der Waals surface area contributed by atoms with Crippen LogP contribution in [0, 0.1) is 5.92 Å². The molecule has 0 saturated heterocycles. The second kappa shape index (κ2) is 6.79. The molecule has 3 unspecified atom stereocenters. The predicted molar refractivity (Wildman–Crippen MR) is 54.9 cm³/mol. The maximum absolute atomic E-state index is 11.2. The molecule has 0 aliphatic rings. The molecule has 0 aromatic heterocycles. The third-order valence-corrected chi connectivity index (χ3v) is 2.29. The maximum atomic E-state index is 11.2. The molecule has 3 atom stereocenters. The lowest BCUT2D eigenvalue weighted by atomic mass is 10.0. The van der Waals surface area contributed by atoms with E-state index in [1.165, 1.54) is 0 Å². The maximum Gasteiger partial charge on any atom is 0.322 e. The van der Waals surface area contributed by atoms with Crippen molar-refractivity contribution in [1.29, 1.82) is 0 Å². The largest absolute Gasteiger partial charge is 0.465 e. The molecule has 4 heteroatoms. The van der Waals surface area contributed by atoms with Crippen molar-refractivity contribution in [3.05, 3.63) is 0 Å². The van der Waals surface area contributed by atoms with E-state index in [-0.39, 0.29) is 30.6 Å². The molecule has 0 amide bonds. The van der Waals surface area contributed by atoms with Gasteiger partial charge in [-0.05, 0) is 26.7 Å². The van der Waals surface area contributed by atoms with E-state index >= 15 is 0 Å². The minimum absolute atomic E-state index is 0.0967. The van der Waals surface area contributed by atoms with Gasteiger partial charge in [0.25, 0.3) is 0 Å². The molecule has 0 bridgehead atoms. The van der Waals surface area contributed by atoms with Crippen LogP contribution >= 0.6 is 0 Å². The lowest BCUT2D eigenvalue weighted by molar-refractivity contribution is -0.145. The van der Waals surface area contributed by atoms with Crippen molar-refractivity contribution in [2.24, 2.45) is 5.92 Å². The van der Waals surface area contributed by atoms with Crippen LogP contribution in [0.2, 0.25) is 0 Å². The van der Waals surface area contributed by atoms with Crippen LogP contribution in [-0.4, -0.2) is 36.4 Å². The zero-order valence-electron chi connectivity index (χ0n) is 9.41. The zero-order valence-corrected chi connectivity index (χ0v) is 9.41. The van der Waals surface area contributed by atoms with Crippen LogP contribution in [0.4, 0.5) is 0 Å². The Morgan fingerprint density at radius 2 is 2.00 bits per heavy atom. The predicted octanol–water partition coefficient (Wildman–Crippen LogP) is 0.544. The lowest BCUT2D eigenvalue weighted by Gasteiger charge is -2.22. The van der Waals surface area contributed by atoms with Gasteiger partial charge in [-0.3, -0.25) is 4.79 Å². The second-order valence-corrected chi connectivity index (χ2v) is 3.59. The first-order valence-electron chi connectivity index (χ1n) is 5.06. The molecule has 0 aliphatic carbocycles. The Labute approximate surface area is 85.6 Å². The van der Waals surface area contributed by atoms with E-state index in [0.29, 0.717) is 6.61 Å². The molecule has 0 aromatic carbocycles. The third kappa shape index (κ3) is 4.58. The van der Waals surface area contributed by atoms with Crippen LogP contribution in [-0.2, 0) is 9.53 Å². The summed E-state index contributed by atoms with van der Waals surface area (Å²) in [4.78, 5) is 11.2. The average molecular weight is 203 g/mol. The normalized spacial score (nSPS) is 17.2. The molecule has 0 aromatic rings. The fraction of sp³-hybridized carbons (Fsp3) is 0.900. The minimum atomic E-state index is -0.320. The fourth-order valence-electron chi connectivity index (χ4n) is 1.05. The SMILES string of the molecule is CCOC(=O)C(C)NC(C)C(C)CO. The van der Waals surface area contributed by atoms with E-state index < -0.39 is 0 Å². The van der Waals surface area contributed by atoms with E-state index in [0.717, 1.165) is 0 Å². The van der Waals surface area contributed by atoms with Crippen molar-refractivity contribution >= 4 is 5.97 Å². The van der Waals surface area contributed by atoms with Gasteiger partial charge in [-0.15, -0.1) is 0 Å². The van der Waals surface area contributed by atoms with Crippen LogP contribution in [0.3, 0.4) is 0 Å². The Bertz CT molecular complexity index is 173. The van der Waals surface area contributed by atoms with Crippen molar-refractivity contribution in [2.45, 2.75) is 39.8 Å². The molecule has 0 radical (unpaired) electrons. The van der Waals surface area contributed by atoms with Gasteiger partial charge >= 0.3 is 5.97 Å². The molecule has 14 heavy (non-hydrogen) atoms. The molecule has 84 valence electrons. The monoisotopic (exact) mass is 203 g/mol. The number of carbonyl (C=O) groups is 1. The summed E-state index contributed by atoms with van der Waals surface area (Å²) in [7, 11) is 0. The van der Waals surface area contributed by atoms with E-state index in [2.05, 4.69) is 5.32 Å². The molecule has 0 fully saturated rings. The summed E-state index contributed by atoms with van der Waals surface area (Å²) in [5.74, 6) is -0.114. The van der Waals surface area contributed by atoms with E-state index in [4.69, 9.17) is 9.84 Å². The van der Waals surface area contributed by atoms with Gasteiger partial charge in [-0.1, -0.05) is 6.92 Å². The minimum Gasteiger partial charge on any atom is -0.465 e. The first-order chi connectivity index (χ1) is 6.52. The van der Waals surface area contributed by atoms with Crippen LogP contribution < -0.4 is 5.32 Å². The van der Waals surface area contributed by atoms with Crippen molar-refractivity contribution in [1.82, 2.24) is 5.32 Å². The number of hydrogen-bond acceptors (Lipinski definition) is 4. The van der Waals surface area contributed by atoms with Gasteiger partial charge in [-0.25, -0.2) is 0 Å². The van der Waals surface area contributed by atoms with Crippen LogP contribution in [0.5, 0.6) is 0 Å². The van der Waals surface area contributed by atoms with Gasteiger partial charge in [0.15, 0.2) is 0 Å². The van der Waals surface area contributed by atoms with E-state index in [9.17, 15) is 4.79 Å². The topological polar surface area (TPSA) is 58.6 Å². The number of esters is 1. The summed E-state index contributed by atoms with van der Waals surface area (Å²) < 4.78 is 4.85. The number of hydrogen-bond donors (Lipinski definition) is 2. The smallest absolute Gasteiger partial charge is 0.322 e. The number of nitrogens with one attached hydrogen (secondary N) is 1. The van der Waals surface area contributed by atoms with Crippen molar-refractivity contribution in [3.8, 4) is 0 Å². The molecule has 0 spiro atoms. The molecule has 0 saturated carbocycles. The Balaban J connectivity index is 3.92. The van der Waals surface area contributed by atoms with Crippen LogP contribution in [0.1, 0.15) is 27.7 Å². The quantitative estimate of drug-likeness (QED) is 0.619. The molecule has 0 heterocycles. The number of ether oxygens (including phenoxy) is 1. The van der Waals surface area contributed by atoms with Gasteiger partial charge in [-0.2, -0.15) is 0 Å². The Hall–Kier alpha value is -0.610. The number of aliphatic hydroxyl groups is 1. The summed E-state index contributed by atoms with van der Waals surface area (Å²) in [5.41, 5.74) is 0. The first kappa shape index (κ1) is 13.4. The van der Waals surface area contributed by atoms with Crippen molar-refractivity contribution < 1.29 is 14.6 Å². The molecule has 2 N–H and O–H groups in total. The molecular formula is C10H21NO3. The molecular weight excluding hydrogens is 182 g/mol. The number of aliphatic hydroxyl groups excluding tert-OH is 1. The van der Waals surface area contributed by atoms with Gasteiger partial charge in [0, 0.05) is 12.6 Å². The van der Waals surface area contributed by atoms with E-state index in [1.807, 2.05) is 13.8 Å². The summed E-state index contributed by atoms with van der Waals surface area (Å²) in [6.45, 7) is 7.92. The van der Waals surface area contributed by atoms with Gasteiger partial charge < -0.3 is 15.2 Å². The van der Waals surface area contributed by atoms with Gasteiger partial charge in [0.05, 0.1) is 6.61 Å². The number of rotatable bonds is 6. The standard InChI is InChI=1S/C10H21NO3/c1-5-14-10(13)9(4)11-8(3)7(2)6-12/h7-9,11-12H,5-6H2,1-4H3. The van der Waals surface area contributed by atoms with Gasteiger partial charge in [0.1, 0.15) is 6.04 Å².